The lowest BCUT2D eigenvalue weighted by Crippen LogP contribution is -2.29. The molecule has 1 N–H and O–H groups in total. The molecule has 1 aliphatic heterocycles. The van der Waals surface area contributed by atoms with Crippen LogP contribution < -0.4 is 5.32 Å². The molecule has 2 amide bonds. The molecule has 124 valence electrons. The van der Waals surface area contributed by atoms with Gasteiger partial charge in [0.05, 0.1) is 5.75 Å². The van der Waals surface area contributed by atoms with E-state index in [4.69, 9.17) is 23.8 Å². The van der Waals surface area contributed by atoms with Crippen molar-refractivity contribution < 1.29 is 9.59 Å². The second-order valence-electron chi connectivity index (χ2n) is 5.37. The third-order valence-corrected chi connectivity index (χ3v) is 5.51. The van der Waals surface area contributed by atoms with Crippen molar-refractivity contribution in [2.24, 2.45) is 0 Å². The fraction of sp³-hybridized carbons (Fsp3) is 0.438. The van der Waals surface area contributed by atoms with Gasteiger partial charge in [0.25, 0.3) is 0 Å². The van der Waals surface area contributed by atoms with Gasteiger partial charge < -0.3 is 5.32 Å². The molecule has 0 unspecified atom stereocenters. The van der Waals surface area contributed by atoms with E-state index in [0.29, 0.717) is 28.1 Å². The summed E-state index contributed by atoms with van der Waals surface area (Å²) >= 11 is 12.6. The number of unbranched alkanes of at least 4 members (excludes halogenated alkanes) is 2. The normalized spacial score (nSPS) is 14.4. The van der Waals surface area contributed by atoms with Gasteiger partial charge in [-0.25, -0.2) is 0 Å². The van der Waals surface area contributed by atoms with Crippen LogP contribution in [0, 0.1) is 6.92 Å². The summed E-state index contributed by atoms with van der Waals surface area (Å²) in [6.07, 6.45) is 2.99. The van der Waals surface area contributed by atoms with Crippen molar-refractivity contribution in [3.8, 4) is 0 Å². The van der Waals surface area contributed by atoms with Gasteiger partial charge in [0.15, 0.2) is 0 Å². The van der Waals surface area contributed by atoms with Crippen molar-refractivity contribution in [2.45, 2.75) is 32.6 Å². The number of anilines is 1. The van der Waals surface area contributed by atoms with Crippen LogP contribution in [0.1, 0.15) is 31.2 Å². The topological polar surface area (TPSA) is 49.4 Å². The SMILES string of the molecule is Cc1c(Cl)cccc1NC(=O)CCCCCN1C(=O)CSC1=S. The molecule has 2 rings (SSSR count). The van der Waals surface area contributed by atoms with E-state index < -0.39 is 0 Å². The number of thioether (sulfide) groups is 1. The highest BCUT2D eigenvalue weighted by Gasteiger charge is 2.25. The van der Waals surface area contributed by atoms with Gasteiger partial charge in [-0.2, -0.15) is 0 Å². The van der Waals surface area contributed by atoms with Gasteiger partial charge >= 0.3 is 0 Å². The summed E-state index contributed by atoms with van der Waals surface area (Å²) in [4.78, 5) is 25.2. The summed E-state index contributed by atoms with van der Waals surface area (Å²) in [7, 11) is 0. The van der Waals surface area contributed by atoms with Crippen LogP contribution in [-0.4, -0.2) is 33.3 Å². The van der Waals surface area contributed by atoms with Gasteiger partial charge in [-0.15, -0.1) is 0 Å². The molecule has 0 saturated carbocycles. The summed E-state index contributed by atoms with van der Waals surface area (Å²) in [6, 6.07) is 5.46. The fourth-order valence-corrected chi connectivity index (χ4v) is 3.58. The smallest absolute Gasteiger partial charge is 0.238 e. The molecule has 0 aliphatic carbocycles. The zero-order chi connectivity index (χ0) is 16.8. The van der Waals surface area contributed by atoms with E-state index in [1.807, 2.05) is 19.1 Å². The summed E-state index contributed by atoms with van der Waals surface area (Å²) < 4.78 is 0.671. The summed E-state index contributed by atoms with van der Waals surface area (Å²) in [5.41, 5.74) is 1.63. The lowest BCUT2D eigenvalue weighted by Gasteiger charge is -2.14. The summed E-state index contributed by atoms with van der Waals surface area (Å²) in [5.74, 6) is 0.535. The van der Waals surface area contributed by atoms with Crippen LogP contribution in [0.15, 0.2) is 18.2 Å². The Hall–Kier alpha value is -1.11. The van der Waals surface area contributed by atoms with Crippen LogP contribution in [-0.2, 0) is 9.59 Å². The average molecular weight is 371 g/mol. The number of nitrogens with zero attached hydrogens (tertiary/aromatic N) is 1. The third kappa shape index (κ3) is 5.19. The molecular formula is C16H19ClN2O2S2. The molecule has 0 aromatic heterocycles. The van der Waals surface area contributed by atoms with Crippen LogP contribution in [0.5, 0.6) is 0 Å². The standard InChI is InChI=1S/C16H19ClN2O2S2/c1-11-12(17)6-5-7-13(11)18-14(20)8-3-2-4-9-19-15(21)10-23-16(19)22/h5-7H,2-4,8-10H2,1H3,(H,18,20). The van der Waals surface area contributed by atoms with Crippen LogP contribution >= 0.6 is 35.6 Å². The zero-order valence-corrected chi connectivity index (χ0v) is 15.3. The highest BCUT2D eigenvalue weighted by Crippen LogP contribution is 2.23. The van der Waals surface area contributed by atoms with Crippen molar-refractivity contribution in [3.63, 3.8) is 0 Å². The first kappa shape index (κ1) is 18.2. The molecule has 0 spiro atoms. The Kier molecular flexibility index (Phi) is 6.87. The first-order chi connectivity index (χ1) is 11.0. The molecule has 1 fully saturated rings. The van der Waals surface area contributed by atoms with Gasteiger partial charge in [-0.1, -0.05) is 48.1 Å². The van der Waals surface area contributed by atoms with Crippen molar-refractivity contribution in [1.29, 1.82) is 0 Å². The first-order valence-electron chi connectivity index (χ1n) is 7.51. The second kappa shape index (κ2) is 8.66. The minimum absolute atomic E-state index is 0.0151. The highest BCUT2D eigenvalue weighted by atomic mass is 35.5. The Balaban J connectivity index is 1.66. The van der Waals surface area contributed by atoms with Gasteiger partial charge in [0.2, 0.25) is 11.8 Å². The Morgan fingerprint density at radius 2 is 2.17 bits per heavy atom. The van der Waals surface area contributed by atoms with Crippen molar-refractivity contribution in [3.05, 3.63) is 28.8 Å². The minimum Gasteiger partial charge on any atom is -0.326 e. The molecule has 7 heteroatoms. The Morgan fingerprint density at radius 1 is 1.39 bits per heavy atom. The number of nitrogens with one attached hydrogen (secondary N) is 1. The van der Waals surface area contributed by atoms with E-state index in [1.165, 1.54) is 11.8 Å². The lowest BCUT2D eigenvalue weighted by molar-refractivity contribution is -0.124. The van der Waals surface area contributed by atoms with Crippen LogP contribution in [0.4, 0.5) is 5.69 Å². The second-order valence-corrected chi connectivity index (χ2v) is 7.39. The maximum Gasteiger partial charge on any atom is 0.238 e. The predicted octanol–water partition coefficient (Wildman–Crippen LogP) is 4.01. The molecule has 1 aromatic carbocycles. The number of amides is 2. The molecule has 23 heavy (non-hydrogen) atoms. The Morgan fingerprint density at radius 3 is 2.87 bits per heavy atom. The first-order valence-corrected chi connectivity index (χ1v) is 9.28. The summed E-state index contributed by atoms with van der Waals surface area (Å²) in [6.45, 7) is 2.53. The molecule has 1 aliphatic rings. The van der Waals surface area contributed by atoms with Crippen LogP contribution in [0.25, 0.3) is 0 Å². The van der Waals surface area contributed by atoms with Crippen LogP contribution in [0.3, 0.4) is 0 Å². The van der Waals surface area contributed by atoms with Crippen molar-refractivity contribution in [1.82, 2.24) is 4.90 Å². The number of rotatable bonds is 7. The maximum atomic E-state index is 12.0. The fourth-order valence-electron chi connectivity index (χ4n) is 2.28. The van der Waals surface area contributed by atoms with E-state index in [9.17, 15) is 9.59 Å². The number of hydrogen-bond acceptors (Lipinski definition) is 4. The number of carbonyl (C=O) groups excluding carboxylic acids is 2. The van der Waals surface area contributed by atoms with E-state index in [2.05, 4.69) is 5.32 Å². The Bertz CT molecular complexity index is 606. The average Bonchev–Trinajstić information content (AvgIpc) is 2.83. The molecule has 0 radical (unpaired) electrons. The minimum atomic E-state index is -0.0151. The number of hydrogen-bond donors (Lipinski definition) is 1. The van der Waals surface area contributed by atoms with Gasteiger partial charge in [-0.05, 0) is 37.5 Å². The number of benzene rings is 1. The molecule has 1 aromatic rings. The number of carbonyl (C=O) groups is 2. The highest BCUT2D eigenvalue weighted by molar-refractivity contribution is 8.23. The van der Waals surface area contributed by atoms with Crippen molar-refractivity contribution in [2.75, 3.05) is 17.6 Å². The largest absolute Gasteiger partial charge is 0.326 e. The monoisotopic (exact) mass is 370 g/mol. The molecule has 1 saturated heterocycles. The maximum absolute atomic E-state index is 12.0. The van der Waals surface area contributed by atoms with E-state index in [0.717, 1.165) is 30.5 Å². The lowest BCUT2D eigenvalue weighted by atomic mass is 10.1. The Labute approximate surface area is 150 Å². The van der Waals surface area contributed by atoms with Gasteiger partial charge in [0, 0.05) is 23.7 Å². The number of thiocarbonyl (C=S) groups is 1. The molecule has 0 bridgehead atoms. The van der Waals surface area contributed by atoms with Crippen LogP contribution in [0.2, 0.25) is 5.02 Å². The molecular weight excluding hydrogens is 352 g/mol. The van der Waals surface area contributed by atoms with E-state index >= 15 is 0 Å². The van der Waals surface area contributed by atoms with Crippen molar-refractivity contribution >= 4 is 57.4 Å². The number of halogens is 1. The molecule has 0 atom stereocenters. The molecule has 1 heterocycles. The van der Waals surface area contributed by atoms with E-state index in [1.54, 1.807) is 11.0 Å². The predicted molar refractivity (Wildman–Crippen MR) is 100 cm³/mol. The van der Waals surface area contributed by atoms with Gasteiger partial charge in [-0.3, -0.25) is 14.5 Å². The summed E-state index contributed by atoms with van der Waals surface area (Å²) in [5, 5.41) is 3.53. The van der Waals surface area contributed by atoms with E-state index in [-0.39, 0.29) is 11.8 Å². The third-order valence-electron chi connectivity index (χ3n) is 3.67. The zero-order valence-electron chi connectivity index (χ0n) is 12.9. The molecule has 4 nitrogen and oxygen atoms in total. The quantitative estimate of drug-likeness (QED) is 0.582. The van der Waals surface area contributed by atoms with Gasteiger partial charge in [0.1, 0.15) is 4.32 Å².